The Balaban J connectivity index is 1.62. The third kappa shape index (κ3) is 4.37. The summed E-state index contributed by atoms with van der Waals surface area (Å²) in [5.41, 5.74) is 4.45. The van der Waals surface area contributed by atoms with Gasteiger partial charge in [0.15, 0.2) is 0 Å². The molecule has 0 aliphatic rings. The molecule has 26 heavy (non-hydrogen) atoms. The van der Waals surface area contributed by atoms with Crippen LogP contribution >= 0.6 is 11.6 Å². The number of carbonyl (C=O) groups excluding carboxylic acids is 1. The van der Waals surface area contributed by atoms with Crippen molar-refractivity contribution in [1.82, 2.24) is 15.3 Å². The number of aryl methyl sites for hydroxylation is 2. The Morgan fingerprint density at radius 2 is 1.85 bits per heavy atom. The van der Waals surface area contributed by atoms with E-state index in [4.69, 9.17) is 11.6 Å². The van der Waals surface area contributed by atoms with Crippen molar-refractivity contribution < 1.29 is 4.79 Å². The molecular formula is C20H19ClN4O. The summed E-state index contributed by atoms with van der Waals surface area (Å²) in [6, 6.07) is 13.4. The van der Waals surface area contributed by atoms with Crippen molar-refractivity contribution in [2.75, 3.05) is 5.32 Å². The molecule has 0 aliphatic carbocycles. The summed E-state index contributed by atoms with van der Waals surface area (Å²) in [6.45, 7) is 4.45. The third-order valence-electron chi connectivity index (χ3n) is 4.06. The third-order valence-corrected chi connectivity index (χ3v) is 4.43. The molecule has 2 aromatic carbocycles. The molecule has 1 amide bonds. The fraction of sp³-hybridized carbons (Fsp3) is 0.150. The maximum atomic E-state index is 12.2. The number of anilines is 2. The Kier molecular flexibility index (Phi) is 5.49. The van der Waals surface area contributed by atoms with E-state index in [0.29, 0.717) is 17.4 Å². The average Bonchev–Trinajstić information content (AvgIpc) is 2.64. The van der Waals surface area contributed by atoms with E-state index in [1.54, 1.807) is 12.3 Å². The SMILES string of the molecule is Cc1ccc(Nc2cnc(C(=O)NCc3ccccc3Cl)cn2)cc1C. The molecule has 1 aromatic heterocycles. The molecular weight excluding hydrogens is 348 g/mol. The van der Waals surface area contributed by atoms with Crippen molar-refractivity contribution in [2.45, 2.75) is 20.4 Å². The molecule has 3 rings (SSSR count). The lowest BCUT2D eigenvalue weighted by atomic mass is 10.1. The summed E-state index contributed by atoms with van der Waals surface area (Å²) in [5, 5.41) is 6.59. The normalized spacial score (nSPS) is 10.4. The van der Waals surface area contributed by atoms with E-state index in [1.165, 1.54) is 17.3 Å². The first-order chi connectivity index (χ1) is 12.5. The predicted octanol–water partition coefficient (Wildman–Crippen LogP) is 4.42. The van der Waals surface area contributed by atoms with Crippen molar-refractivity contribution in [1.29, 1.82) is 0 Å². The predicted molar refractivity (Wildman–Crippen MR) is 104 cm³/mol. The first kappa shape index (κ1) is 17.9. The molecule has 6 heteroatoms. The molecule has 0 fully saturated rings. The standard InChI is InChI=1S/C20H19ClN4O/c1-13-7-8-16(9-14(13)2)25-19-12-22-18(11-23-19)20(26)24-10-15-5-3-4-6-17(15)21/h3-9,11-12H,10H2,1-2H3,(H,23,25)(H,24,26). The van der Waals surface area contributed by atoms with Gasteiger partial charge in [-0.05, 0) is 48.7 Å². The van der Waals surface area contributed by atoms with Crippen LogP contribution in [0.2, 0.25) is 5.02 Å². The van der Waals surface area contributed by atoms with Gasteiger partial charge in [-0.25, -0.2) is 9.97 Å². The highest BCUT2D eigenvalue weighted by Crippen LogP contribution is 2.18. The molecule has 3 aromatic rings. The van der Waals surface area contributed by atoms with E-state index in [2.05, 4.69) is 34.4 Å². The first-order valence-corrected chi connectivity index (χ1v) is 8.58. The molecule has 0 saturated carbocycles. The van der Waals surface area contributed by atoms with Crippen molar-refractivity contribution in [2.24, 2.45) is 0 Å². The Hall–Kier alpha value is -2.92. The largest absolute Gasteiger partial charge is 0.347 e. The summed E-state index contributed by atoms with van der Waals surface area (Å²) in [6.07, 6.45) is 2.99. The van der Waals surface area contributed by atoms with Gasteiger partial charge in [0, 0.05) is 17.3 Å². The van der Waals surface area contributed by atoms with Gasteiger partial charge in [-0.2, -0.15) is 0 Å². The zero-order valence-corrected chi connectivity index (χ0v) is 15.3. The first-order valence-electron chi connectivity index (χ1n) is 8.21. The van der Waals surface area contributed by atoms with Gasteiger partial charge in [0.05, 0.1) is 12.4 Å². The molecule has 0 saturated heterocycles. The fourth-order valence-corrected chi connectivity index (χ4v) is 2.59. The number of carbonyl (C=O) groups is 1. The summed E-state index contributed by atoms with van der Waals surface area (Å²) in [4.78, 5) is 20.6. The van der Waals surface area contributed by atoms with Gasteiger partial charge in [-0.15, -0.1) is 0 Å². The molecule has 132 valence electrons. The van der Waals surface area contributed by atoms with Gasteiger partial charge in [0.25, 0.3) is 5.91 Å². The molecule has 1 heterocycles. The summed E-state index contributed by atoms with van der Waals surface area (Å²) in [7, 11) is 0. The number of aromatic nitrogens is 2. The molecule has 0 atom stereocenters. The van der Waals surface area contributed by atoms with Crippen molar-refractivity contribution in [3.05, 3.63) is 82.3 Å². The maximum Gasteiger partial charge on any atom is 0.271 e. The number of nitrogens with zero attached hydrogens (tertiary/aromatic N) is 2. The van der Waals surface area contributed by atoms with Crippen LogP contribution in [-0.2, 0) is 6.54 Å². The van der Waals surface area contributed by atoms with Crippen LogP contribution in [0, 0.1) is 13.8 Å². The minimum absolute atomic E-state index is 0.252. The van der Waals surface area contributed by atoms with Gasteiger partial charge in [0.2, 0.25) is 0 Å². The minimum atomic E-state index is -0.296. The van der Waals surface area contributed by atoms with Gasteiger partial charge in [-0.1, -0.05) is 35.9 Å². The summed E-state index contributed by atoms with van der Waals surface area (Å²) >= 11 is 6.08. The summed E-state index contributed by atoms with van der Waals surface area (Å²) < 4.78 is 0. The quantitative estimate of drug-likeness (QED) is 0.701. The van der Waals surface area contributed by atoms with Crippen LogP contribution in [0.3, 0.4) is 0 Å². The minimum Gasteiger partial charge on any atom is -0.347 e. The highest BCUT2D eigenvalue weighted by Gasteiger charge is 2.09. The lowest BCUT2D eigenvalue weighted by Gasteiger charge is -2.09. The van der Waals surface area contributed by atoms with E-state index >= 15 is 0 Å². The number of halogens is 1. The van der Waals surface area contributed by atoms with Crippen LogP contribution in [0.5, 0.6) is 0 Å². The summed E-state index contributed by atoms with van der Waals surface area (Å²) in [5.74, 6) is 0.283. The highest BCUT2D eigenvalue weighted by molar-refractivity contribution is 6.31. The smallest absolute Gasteiger partial charge is 0.271 e. The number of hydrogen-bond acceptors (Lipinski definition) is 4. The lowest BCUT2D eigenvalue weighted by Crippen LogP contribution is -2.24. The van der Waals surface area contributed by atoms with E-state index in [1.807, 2.05) is 36.4 Å². The van der Waals surface area contributed by atoms with Gasteiger partial charge < -0.3 is 10.6 Å². The number of rotatable bonds is 5. The molecule has 0 radical (unpaired) electrons. The van der Waals surface area contributed by atoms with Crippen LogP contribution in [-0.4, -0.2) is 15.9 Å². The van der Waals surface area contributed by atoms with Crippen molar-refractivity contribution in [3.63, 3.8) is 0 Å². The topological polar surface area (TPSA) is 66.9 Å². The molecule has 0 spiro atoms. The second-order valence-electron chi connectivity index (χ2n) is 5.99. The molecule has 0 aliphatic heterocycles. The molecule has 2 N–H and O–H groups in total. The zero-order valence-electron chi connectivity index (χ0n) is 14.6. The number of benzene rings is 2. The zero-order chi connectivity index (χ0) is 18.5. The lowest BCUT2D eigenvalue weighted by molar-refractivity contribution is 0.0945. The van der Waals surface area contributed by atoms with Gasteiger partial charge in [0.1, 0.15) is 11.5 Å². The Morgan fingerprint density at radius 1 is 1.04 bits per heavy atom. The average molecular weight is 367 g/mol. The van der Waals surface area contributed by atoms with E-state index in [-0.39, 0.29) is 11.6 Å². The van der Waals surface area contributed by atoms with Crippen LogP contribution in [0.15, 0.2) is 54.9 Å². The van der Waals surface area contributed by atoms with Crippen molar-refractivity contribution >= 4 is 29.0 Å². The highest BCUT2D eigenvalue weighted by atomic mass is 35.5. The Morgan fingerprint density at radius 3 is 2.54 bits per heavy atom. The van der Waals surface area contributed by atoms with E-state index in [0.717, 1.165) is 11.3 Å². The van der Waals surface area contributed by atoms with Gasteiger partial charge >= 0.3 is 0 Å². The molecule has 0 bridgehead atoms. The number of hydrogen-bond donors (Lipinski definition) is 2. The molecule has 5 nitrogen and oxygen atoms in total. The van der Waals surface area contributed by atoms with E-state index < -0.39 is 0 Å². The van der Waals surface area contributed by atoms with Crippen LogP contribution in [0.4, 0.5) is 11.5 Å². The fourth-order valence-electron chi connectivity index (χ4n) is 2.38. The second-order valence-corrected chi connectivity index (χ2v) is 6.39. The van der Waals surface area contributed by atoms with Crippen LogP contribution in [0.25, 0.3) is 0 Å². The Bertz CT molecular complexity index is 925. The number of nitrogens with one attached hydrogen (secondary N) is 2. The second kappa shape index (κ2) is 7.97. The van der Waals surface area contributed by atoms with E-state index in [9.17, 15) is 4.79 Å². The Labute approximate surface area is 157 Å². The molecule has 0 unspecified atom stereocenters. The van der Waals surface area contributed by atoms with Crippen LogP contribution < -0.4 is 10.6 Å². The maximum absolute atomic E-state index is 12.2. The van der Waals surface area contributed by atoms with Crippen molar-refractivity contribution in [3.8, 4) is 0 Å². The number of amides is 1. The monoisotopic (exact) mass is 366 g/mol. The van der Waals surface area contributed by atoms with Crippen LogP contribution in [0.1, 0.15) is 27.2 Å². The van der Waals surface area contributed by atoms with Gasteiger partial charge in [-0.3, -0.25) is 4.79 Å².